The van der Waals surface area contributed by atoms with E-state index in [0.717, 1.165) is 29.7 Å². The van der Waals surface area contributed by atoms with E-state index in [-0.39, 0.29) is 5.82 Å². The van der Waals surface area contributed by atoms with E-state index in [9.17, 15) is 4.39 Å². The van der Waals surface area contributed by atoms with Crippen molar-refractivity contribution in [2.45, 2.75) is 19.9 Å². The van der Waals surface area contributed by atoms with Crippen LogP contribution in [-0.2, 0) is 16.0 Å². The molecule has 2 aromatic rings. The fourth-order valence-corrected chi connectivity index (χ4v) is 2.42. The lowest BCUT2D eigenvalue weighted by molar-refractivity contribution is 0.0698. The molecular formula is C18H26FN3O3. The summed E-state index contributed by atoms with van der Waals surface area (Å²) in [7, 11) is 3.37. The first-order chi connectivity index (χ1) is 12.2. The summed E-state index contributed by atoms with van der Waals surface area (Å²) < 4.78 is 29.5. The van der Waals surface area contributed by atoms with Gasteiger partial charge in [-0.25, -0.2) is 4.39 Å². The van der Waals surface area contributed by atoms with Gasteiger partial charge in [0.05, 0.1) is 19.8 Å². The van der Waals surface area contributed by atoms with Crippen molar-refractivity contribution in [1.29, 1.82) is 0 Å². The second-order valence-electron chi connectivity index (χ2n) is 5.60. The van der Waals surface area contributed by atoms with Gasteiger partial charge >= 0.3 is 0 Å². The summed E-state index contributed by atoms with van der Waals surface area (Å²) in [6, 6.07) is 4.55. The molecule has 0 fully saturated rings. The molecule has 0 spiro atoms. The Morgan fingerprint density at radius 1 is 1.24 bits per heavy atom. The molecule has 7 heteroatoms. The van der Waals surface area contributed by atoms with Gasteiger partial charge in [0.1, 0.15) is 17.2 Å². The molecule has 25 heavy (non-hydrogen) atoms. The highest BCUT2D eigenvalue weighted by atomic mass is 19.1. The Hall–Kier alpha value is -2.12. The SMILES string of the molecule is CN=C(NCCCOCCOC)NCc1oc2ccc(F)cc2c1C. The fraction of sp³-hybridized carbons (Fsp3) is 0.500. The van der Waals surface area contributed by atoms with E-state index in [1.54, 1.807) is 20.2 Å². The molecule has 0 saturated heterocycles. The third-order valence-electron chi connectivity index (χ3n) is 3.83. The van der Waals surface area contributed by atoms with Crippen LogP contribution >= 0.6 is 0 Å². The lowest BCUT2D eigenvalue weighted by Crippen LogP contribution is -2.37. The van der Waals surface area contributed by atoms with Gasteiger partial charge < -0.3 is 24.5 Å². The molecular weight excluding hydrogens is 325 g/mol. The molecule has 0 bridgehead atoms. The average molecular weight is 351 g/mol. The number of aliphatic imine (C=N–C) groups is 1. The minimum atomic E-state index is -0.263. The summed E-state index contributed by atoms with van der Waals surface area (Å²) in [6.07, 6.45) is 0.868. The maximum Gasteiger partial charge on any atom is 0.191 e. The molecule has 2 rings (SSSR count). The van der Waals surface area contributed by atoms with Crippen molar-refractivity contribution >= 4 is 16.9 Å². The molecule has 0 amide bonds. The van der Waals surface area contributed by atoms with Gasteiger partial charge in [-0.05, 0) is 31.5 Å². The van der Waals surface area contributed by atoms with Gasteiger partial charge in [-0.1, -0.05) is 0 Å². The average Bonchev–Trinajstić information content (AvgIpc) is 2.92. The minimum absolute atomic E-state index is 0.263. The predicted octanol–water partition coefficient (Wildman–Crippen LogP) is 2.60. The summed E-state index contributed by atoms with van der Waals surface area (Å²) in [4.78, 5) is 4.18. The number of nitrogens with zero attached hydrogens (tertiary/aromatic N) is 1. The summed E-state index contributed by atoms with van der Waals surface area (Å²) in [5.74, 6) is 1.19. The van der Waals surface area contributed by atoms with Gasteiger partial charge in [-0.3, -0.25) is 4.99 Å². The number of furan rings is 1. The number of guanidine groups is 1. The molecule has 0 unspecified atom stereocenters. The summed E-state index contributed by atoms with van der Waals surface area (Å²) in [5.41, 5.74) is 1.62. The fourth-order valence-electron chi connectivity index (χ4n) is 2.42. The van der Waals surface area contributed by atoms with Crippen molar-refractivity contribution in [1.82, 2.24) is 10.6 Å². The van der Waals surface area contributed by atoms with Crippen molar-refractivity contribution in [3.05, 3.63) is 35.3 Å². The van der Waals surface area contributed by atoms with Gasteiger partial charge in [0.25, 0.3) is 0 Å². The van der Waals surface area contributed by atoms with E-state index in [1.807, 2.05) is 6.92 Å². The lowest BCUT2D eigenvalue weighted by atomic mass is 10.1. The zero-order chi connectivity index (χ0) is 18.1. The molecule has 6 nitrogen and oxygen atoms in total. The maximum absolute atomic E-state index is 13.4. The van der Waals surface area contributed by atoms with E-state index >= 15 is 0 Å². The molecule has 0 aliphatic carbocycles. The lowest BCUT2D eigenvalue weighted by Gasteiger charge is -2.11. The number of rotatable bonds is 9. The van der Waals surface area contributed by atoms with E-state index in [2.05, 4.69) is 15.6 Å². The van der Waals surface area contributed by atoms with Crippen LogP contribution < -0.4 is 10.6 Å². The molecule has 1 aromatic carbocycles. The minimum Gasteiger partial charge on any atom is -0.459 e. The normalized spacial score (nSPS) is 11.9. The van der Waals surface area contributed by atoms with Crippen LogP contribution in [0.1, 0.15) is 17.7 Å². The Balaban J connectivity index is 1.78. The van der Waals surface area contributed by atoms with Crippen LogP contribution in [-0.4, -0.2) is 46.5 Å². The monoisotopic (exact) mass is 351 g/mol. The van der Waals surface area contributed by atoms with Gasteiger partial charge in [0.15, 0.2) is 5.96 Å². The highest BCUT2D eigenvalue weighted by Gasteiger charge is 2.11. The second-order valence-corrected chi connectivity index (χ2v) is 5.60. The van der Waals surface area contributed by atoms with Crippen LogP contribution in [0.5, 0.6) is 0 Å². The van der Waals surface area contributed by atoms with Crippen LogP contribution in [0.3, 0.4) is 0 Å². The zero-order valence-electron chi connectivity index (χ0n) is 15.0. The third kappa shape index (κ3) is 5.72. The Morgan fingerprint density at radius 2 is 2.08 bits per heavy atom. The topological polar surface area (TPSA) is 68.0 Å². The number of benzene rings is 1. The largest absolute Gasteiger partial charge is 0.459 e. The quantitative estimate of drug-likeness (QED) is 0.413. The molecule has 138 valence electrons. The number of hydrogen-bond acceptors (Lipinski definition) is 4. The molecule has 2 N–H and O–H groups in total. The van der Waals surface area contributed by atoms with Crippen molar-refractivity contribution < 1.29 is 18.3 Å². The Kier molecular flexibility index (Phi) is 7.69. The van der Waals surface area contributed by atoms with E-state index in [4.69, 9.17) is 13.9 Å². The third-order valence-corrected chi connectivity index (χ3v) is 3.83. The first-order valence-corrected chi connectivity index (χ1v) is 8.34. The molecule has 0 atom stereocenters. The Morgan fingerprint density at radius 3 is 2.84 bits per heavy atom. The Labute approximate surface area is 147 Å². The number of aryl methyl sites for hydroxylation is 1. The summed E-state index contributed by atoms with van der Waals surface area (Å²) in [6.45, 7) is 5.04. The highest BCUT2D eigenvalue weighted by molar-refractivity contribution is 5.83. The smallest absolute Gasteiger partial charge is 0.191 e. The second kappa shape index (κ2) is 10.0. The van der Waals surface area contributed by atoms with Crippen molar-refractivity contribution in [2.75, 3.05) is 40.5 Å². The number of halogens is 1. The molecule has 0 radical (unpaired) electrons. The van der Waals surface area contributed by atoms with E-state index < -0.39 is 0 Å². The molecule has 0 aliphatic heterocycles. The van der Waals surface area contributed by atoms with E-state index in [1.165, 1.54) is 12.1 Å². The molecule has 1 heterocycles. The first kappa shape index (κ1) is 19.2. The van der Waals surface area contributed by atoms with Crippen LogP contribution in [0, 0.1) is 12.7 Å². The van der Waals surface area contributed by atoms with Crippen molar-refractivity contribution in [2.24, 2.45) is 4.99 Å². The first-order valence-electron chi connectivity index (χ1n) is 8.34. The van der Waals surface area contributed by atoms with Gasteiger partial charge in [-0.2, -0.15) is 0 Å². The van der Waals surface area contributed by atoms with Crippen molar-refractivity contribution in [3.8, 4) is 0 Å². The number of fused-ring (bicyclic) bond motifs is 1. The van der Waals surface area contributed by atoms with Gasteiger partial charge in [0, 0.05) is 38.3 Å². The van der Waals surface area contributed by atoms with Crippen LogP contribution in [0.2, 0.25) is 0 Å². The number of methoxy groups -OCH3 is 1. The number of ether oxygens (including phenoxy) is 2. The molecule has 0 aliphatic rings. The number of nitrogens with one attached hydrogen (secondary N) is 2. The van der Waals surface area contributed by atoms with Gasteiger partial charge in [0.2, 0.25) is 0 Å². The number of hydrogen-bond donors (Lipinski definition) is 2. The summed E-state index contributed by atoms with van der Waals surface area (Å²) >= 11 is 0. The maximum atomic E-state index is 13.4. The van der Waals surface area contributed by atoms with Crippen molar-refractivity contribution in [3.63, 3.8) is 0 Å². The van der Waals surface area contributed by atoms with Crippen LogP contribution in [0.15, 0.2) is 27.6 Å². The standard InChI is InChI=1S/C18H26FN3O3/c1-13-15-11-14(19)5-6-16(15)25-17(13)12-22-18(20-2)21-7-4-8-24-10-9-23-3/h5-6,11H,4,7-10,12H2,1-3H3,(H2,20,21,22). The van der Waals surface area contributed by atoms with Crippen LogP contribution in [0.25, 0.3) is 11.0 Å². The Bertz CT molecular complexity index is 700. The van der Waals surface area contributed by atoms with Crippen LogP contribution in [0.4, 0.5) is 4.39 Å². The highest BCUT2D eigenvalue weighted by Crippen LogP contribution is 2.25. The molecule has 0 saturated carbocycles. The summed E-state index contributed by atoms with van der Waals surface area (Å²) in [5, 5.41) is 7.22. The predicted molar refractivity (Wildman–Crippen MR) is 96.4 cm³/mol. The van der Waals surface area contributed by atoms with Gasteiger partial charge in [-0.15, -0.1) is 0 Å². The van der Waals surface area contributed by atoms with E-state index in [0.29, 0.717) is 37.9 Å². The zero-order valence-corrected chi connectivity index (χ0v) is 15.0. The molecule has 1 aromatic heterocycles.